The molecule has 17 heavy (non-hydrogen) atoms. The van der Waals surface area contributed by atoms with Gasteiger partial charge in [0.15, 0.2) is 0 Å². The van der Waals surface area contributed by atoms with Gasteiger partial charge in [0, 0.05) is 31.6 Å². The first kappa shape index (κ1) is 10.4. The van der Waals surface area contributed by atoms with Crippen LogP contribution in [0.4, 0.5) is 4.39 Å². The molecule has 5 heteroatoms. The molecule has 88 valence electrons. The van der Waals surface area contributed by atoms with E-state index in [9.17, 15) is 9.18 Å². The number of aromatic nitrogens is 2. The van der Waals surface area contributed by atoms with Gasteiger partial charge in [0.2, 0.25) is 0 Å². The second-order valence-electron chi connectivity index (χ2n) is 4.39. The largest absolute Gasteiger partial charge is 0.316 e. The first-order valence-electron chi connectivity index (χ1n) is 5.59. The molecule has 2 heterocycles. The van der Waals surface area contributed by atoms with Gasteiger partial charge < -0.3 is 5.32 Å². The molecule has 2 aromatic rings. The molecule has 1 aromatic carbocycles. The van der Waals surface area contributed by atoms with Crippen LogP contribution in [0.2, 0.25) is 0 Å². The van der Waals surface area contributed by atoms with E-state index in [1.807, 2.05) is 0 Å². The van der Waals surface area contributed by atoms with Gasteiger partial charge in [-0.3, -0.25) is 9.36 Å². The summed E-state index contributed by atoms with van der Waals surface area (Å²) in [5.41, 5.74) is 0.319. The number of hydrogen-bond acceptors (Lipinski definition) is 3. The molecule has 1 N–H and O–H groups in total. The summed E-state index contributed by atoms with van der Waals surface area (Å²) in [4.78, 5) is 16.2. The summed E-state index contributed by atoms with van der Waals surface area (Å²) < 4.78 is 14.6. The Bertz CT molecular complexity index is 619. The highest BCUT2D eigenvalue weighted by molar-refractivity contribution is 5.77. The molecule has 0 radical (unpaired) electrons. The molecule has 3 rings (SSSR count). The van der Waals surface area contributed by atoms with Crippen LogP contribution in [0, 0.1) is 11.7 Å². The van der Waals surface area contributed by atoms with E-state index in [0.717, 1.165) is 13.1 Å². The van der Waals surface area contributed by atoms with Gasteiger partial charge in [0.1, 0.15) is 5.82 Å². The van der Waals surface area contributed by atoms with Crippen molar-refractivity contribution in [1.29, 1.82) is 0 Å². The van der Waals surface area contributed by atoms with E-state index in [1.165, 1.54) is 24.5 Å². The molecule has 1 saturated heterocycles. The minimum Gasteiger partial charge on any atom is -0.316 e. The van der Waals surface area contributed by atoms with Crippen LogP contribution in [0.15, 0.2) is 29.3 Å². The predicted molar refractivity (Wildman–Crippen MR) is 62.3 cm³/mol. The molecule has 1 fully saturated rings. The van der Waals surface area contributed by atoms with Crippen molar-refractivity contribution < 1.29 is 4.39 Å². The average Bonchev–Trinajstić information content (AvgIpc) is 2.25. The lowest BCUT2D eigenvalue weighted by molar-refractivity contribution is 0.303. The fourth-order valence-electron chi connectivity index (χ4n) is 2.02. The van der Waals surface area contributed by atoms with E-state index in [1.54, 1.807) is 4.57 Å². The van der Waals surface area contributed by atoms with Crippen molar-refractivity contribution in [3.05, 3.63) is 40.7 Å². The first-order valence-corrected chi connectivity index (χ1v) is 5.59. The van der Waals surface area contributed by atoms with Gasteiger partial charge in [-0.15, -0.1) is 0 Å². The quantitative estimate of drug-likeness (QED) is 0.832. The third-order valence-corrected chi connectivity index (χ3v) is 3.11. The van der Waals surface area contributed by atoms with Crippen LogP contribution in [-0.2, 0) is 6.54 Å². The number of nitrogens with zero attached hydrogens (tertiary/aromatic N) is 2. The minimum atomic E-state index is -0.370. The second kappa shape index (κ2) is 3.92. The zero-order valence-electron chi connectivity index (χ0n) is 9.19. The molecule has 0 bridgehead atoms. The summed E-state index contributed by atoms with van der Waals surface area (Å²) in [5.74, 6) is 0.123. The number of rotatable bonds is 2. The maximum atomic E-state index is 13.0. The van der Waals surface area contributed by atoms with Gasteiger partial charge in [-0.25, -0.2) is 9.37 Å². The van der Waals surface area contributed by atoms with Gasteiger partial charge in [-0.1, -0.05) is 0 Å². The Kier molecular flexibility index (Phi) is 2.40. The molecule has 0 aliphatic carbocycles. The standard InChI is InChI=1S/C12H12FN3O/c13-9-1-2-10-11(3-9)15-7-16(12(10)17)6-8-4-14-5-8/h1-3,7-8,14H,4-6H2. The summed E-state index contributed by atoms with van der Waals surface area (Å²) in [6, 6.07) is 4.07. The molecule has 1 aliphatic rings. The van der Waals surface area contributed by atoms with Gasteiger partial charge in [0.05, 0.1) is 17.2 Å². The van der Waals surface area contributed by atoms with Crippen molar-refractivity contribution in [2.75, 3.05) is 13.1 Å². The number of hydrogen-bond donors (Lipinski definition) is 1. The third-order valence-electron chi connectivity index (χ3n) is 3.11. The van der Waals surface area contributed by atoms with Crippen molar-refractivity contribution in [2.45, 2.75) is 6.54 Å². The van der Waals surface area contributed by atoms with Gasteiger partial charge in [-0.05, 0) is 12.1 Å². The lowest BCUT2D eigenvalue weighted by atomic mass is 10.0. The summed E-state index contributed by atoms with van der Waals surface area (Å²) in [6.45, 7) is 2.55. The molecule has 1 aliphatic heterocycles. The summed E-state index contributed by atoms with van der Waals surface area (Å²) in [5, 5.41) is 3.63. The smallest absolute Gasteiger partial charge is 0.261 e. The Hall–Kier alpha value is -1.75. The van der Waals surface area contributed by atoms with Crippen LogP contribution >= 0.6 is 0 Å². The van der Waals surface area contributed by atoms with Crippen LogP contribution in [0.25, 0.3) is 10.9 Å². The van der Waals surface area contributed by atoms with Crippen LogP contribution in [-0.4, -0.2) is 22.6 Å². The van der Waals surface area contributed by atoms with Gasteiger partial charge >= 0.3 is 0 Å². The average molecular weight is 233 g/mol. The molecular weight excluding hydrogens is 221 g/mol. The fourth-order valence-corrected chi connectivity index (χ4v) is 2.02. The highest BCUT2D eigenvalue weighted by Gasteiger charge is 2.18. The van der Waals surface area contributed by atoms with Gasteiger partial charge in [0.25, 0.3) is 5.56 Å². The summed E-state index contributed by atoms with van der Waals surface area (Å²) >= 11 is 0. The lowest BCUT2D eigenvalue weighted by Crippen LogP contribution is -2.45. The van der Waals surface area contributed by atoms with Gasteiger partial charge in [-0.2, -0.15) is 0 Å². The van der Waals surface area contributed by atoms with Crippen LogP contribution < -0.4 is 10.9 Å². The second-order valence-corrected chi connectivity index (χ2v) is 4.39. The molecule has 0 unspecified atom stereocenters. The van der Waals surface area contributed by atoms with E-state index in [4.69, 9.17) is 0 Å². The SMILES string of the molecule is O=c1c2ccc(F)cc2ncn1CC1CNC1. The Morgan fingerprint density at radius 3 is 3.00 bits per heavy atom. The topological polar surface area (TPSA) is 46.9 Å². The number of benzene rings is 1. The Morgan fingerprint density at radius 1 is 1.47 bits per heavy atom. The molecule has 0 spiro atoms. The maximum Gasteiger partial charge on any atom is 0.261 e. The van der Waals surface area contributed by atoms with Crippen molar-refractivity contribution in [3.8, 4) is 0 Å². The zero-order valence-corrected chi connectivity index (χ0v) is 9.19. The van der Waals surface area contributed by atoms with Crippen LogP contribution in [0.3, 0.4) is 0 Å². The maximum absolute atomic E-state index is 13.0. The van der Waals surface area contributed by atoms with Crippen molar-refractivity contribution in [3.63, 3.8) is 0 Å². The highest BCUT2D eigenvalue weighted by Crippen LogP contribution is 2.10. The predicted octanol–water partition coefficient (Wildman–Crippen LogP) is 0.755. The van der Waals surface area contributed by atoms with E-state index >= 15 is 0 Å². The van der Waals surface area contributed by atoms with E-state index in [0.29, 0.717) is 23.4 Å². The summed E-state index contributed by atoms with van der Waals surface area (Å²) in [6.07, 6.45) is 1.50. The summed E-state index contributed by atoms with van der Waals surface area (Å²) in [7, 11) is 0. The van der Waals surface area contributed by atoms with E-state index in [-0.39, 0.29) is 11.4 Å². The zero-order chi connectivity index (χ0) is 11.8. The molecule has 0 saturated carbocycles. The van der Waals surface area contributed by atoms with Crippen LogP contribution in [0.5, 0.6) is 0 Å². The number of fused-ring (bicyclic) bond motifs is 1. The lowest BCUT2D eigenvalue weighted by Gasteiger charge is -2.27. The molecule has 4 nitrogen and oxygen atoms in total. The molecule has 0 amide bonds. The normalized spacial score (nSPS) is 16.1. The fraction of sp³-hybridized carbons (Fsp3) is 0.333. The molecule has 1 aromatic heterocycles. The van der Waals surface area contributed by atoms with Crippen molar-refractivity contribution >= 4 is 10.9 Å². The number of halogens is 1. The molecule has 0 atom stereocenters. The monoisotopic (exact) mass is 233 g/mol. The minimum absolute atomic E-state index is 0.0955. The Balaban J connectivity index is 2.05. The third kappa shape index (κ3) is 1.82. The number of nitrogens with one attached hydrogen (secondary N) is 1. The molecular formula is C12H12FN3O. The van der Waals surface area contributed by atoms with Crippen LogP contribution in [0.1, 0.15) is 0 Å². The van der Waals surface area contributed by atoms with Crippen molar-refractivity contribution in [2.24, 2.45) is 5.92 Å². The Labute approximate surface area is 97.1 Å². The van der Waals surface area contributed by atoms with E-state index < -0.39 is 0 Å². The first-order chi connectivity index (χ1) is 8.24. The van der Waals surface area contributed by atoms with E-state index in [2.05, 4.69) is 10.3 Å². The van der Waals surface area contributed by atoms with Crippen molar-refractivity contribution in [1.82, 2.24) is 14.9 Å². The highest BCUT2D eigenvalue weighted by atomic mass is 19.1. The Morgan fingerprint density at radius 2 is 2.29 bits per heavy atom.